The number of hydrogen-bond donors (Lipinski definition) is 2. The summed E-state index contributed by atoms with van der Waals surface area (Å²) >= 11 is 0. The van der Waals surface area contributed by atoms with Crippen molar-refractivity contribution in [2.24, 2.45) is 11.7 Å². The molecular weight excluding hydrogens is 192 g/mol. The van der Waals surface area contributed by atoms with E-state index >= 15 is 0 Å². The average molecular weight is 214 g/mol. The van der Waals surface area contributed by atoms with E-state index in [2.05, 4.69) is 5.32 Å². The van der Waals surface area contributed by atoms with Crippen molar-refractivity contribution in [1.82, 2.24) is 5.32 Å². The average Bonchev–Trinajstić information content (AvgIpc) is 2.83. The Kier molecular flexibility index (Phi) is 4.54. The molecule has 15 heavy (non-hydrogen) atoms. The highest BCUT2D eigenvalue weighted by atomic mass is 16.5. The van der Waals surface area contributed by atoms with Crippen molar-refractivity contribution < 1.29 is 9.53 Å². The van der Waals surface area contributed by atoms with Crippen LogP contribution in [0.1, 0.15) is 33.1 Å². The molecule has 0 aromatic carbocycles. The minimum Gasteiger partial charge on any atom is -0.379 e. The van der Waals surface area contributed by atoms with E-state index in [1.807, 2.05) is 13.8 Å². The highest BCUT2D eigenvalue weighted by Crippen LogP contribution is 2.28. The smallest absolute Gasteiger partial charge is 0.221 e. The first kappa shape index (κ1) is 12.5. The molecule has 0 aromatic rings. The topological polar surface area (TPSA) is 64.4 Å². The molecule has 88 valence electrons. The Morgan fingerprint density at radius 3 is 2.73 bits per heavy atom. The minimum atomic E-state index is -0.432. The molecule has 1 fully saturated rings. The third kappa shape index (κ3) is 7.33. The molecule has 0 aliphatic heterocycles. The van der Waals surface area contributed by atoms with Gasteiger partial charge in [-0.25, -0.2) is 0 Å². The summed E-state index contributed by atoms with van der Waals surface area (Å²) < 4.78 is 5.39. The van der Waals surface area contributed by atoms with Crippen LogP contribution in [-0.2, 0) is 9.53 Å². The molecule has 1 amide bonds. The van der Waals surface area contributed by atoms with E-state index in [0.29, 0.717) is 19.6 Å². The summed E-state index contributed by atoms with van der Waals surface area (Å²) in [5, 5.41) is 2.79. The van der Waals surface area contributed by atoms with E-state index in [0.717, 1.165) is 12.5 Å². The summed E-state index contributed by atoms with van der Waals surface area (Å²) in [6.45, 7) is 5.72. The highest BCUT2D eigenvalue weighted by Gasteiger charge is 2.21. The monoisotopic (exact) mass is 214 g/mol. The van der Waals surface area contributed by atoms with Crippen molar-refractivity contribution in [3.05, 3.63) is 0 Å². The van der Waals surface area contributed by atoms with Gasteiger partial charge < -0.3 is 15.8 Å². The Morgan fingerprint density at radius 2 is 2.20 bits per heavy atom. The van der Waals surface area contributed by atoms with Gasteiger partial charge in [0.15, 0.2) is 0 Å². The first-order chi connectivity index (χ1) is 6.97. The van der Waals surface area contributed by atoms with Crippen LogP contribution >= 0.6 is 0 Å². The molecule has 0 saturated heterocycles. The van der Waals surface area contributed by atoms with Crippen LogP contribution in [0.4, 0.5) is 0 Å². The maximum absolute atomic E-state index is 11.3. The first-order valence-electron chi connectivity index (χ1n) is 5.61. The summed E-state index contributed by atoms with van der Waals surface area (Å²) in [6.07, 6.45) is 2.96. The van der Waals surface area contributed by atoms with Crippen LogP contribution < -0.4 is 11.1 Å². The fourth-order valence-electron chi connectivity index (χ4n) is 1.27. The molecule has 0 heterocycles. The molecule has 0 spiro atoms. The summed E-state index contributed by atoms with van der Waals surface area (Å²) in [5.41, 5.74) is 5.29. The van der Waals surface area contributed by atoms with Crippen LogP contribution in [0.15, 0.2) is 0 Å². The summed E-state index contributed by atoms with van der Waals surface area (Å²) in [6, 6.07) is 0. The Balaban J connectivity index is 1.91. The SMILES string of the molecule is CC(C)(N)CC(=O)NCCOCC1CC1. The maximum atomic E-state index is 11.3. The van der Waals surface area contributed by atoms with E-state index in [1.54, 1.807) is 0 Å². The number of carbonyl (C=O) groups excluding carboxylic acids is 1. The van der Waals surface area contributed by atoms with Crippen LogP contribution in [0, 0.1) is 5.92 Å². The molecule has 1 aliphatic rings. The molecule has 1 aliphatic carbocycles. The van der Waals surface area contributed by atoms with Gasteiger partial charge in [-0.15, -0.1) is 0 Å². The Morgan fingerprint density at radius 1 is 1.53 bits per heavy atom. The predicted octanol–water partition coefficient (Wildman–Crippen LogP) is 0.657. The lowest BCUT2D eigenvalue weighted by Crippen LogP contribution is -2.39. The van der Waals surface area contributed by atoms with Crippen LogP contribution in [0.2, 0.25) is 0 Å². The van der Waals surface area contributed by atoms with Gasteiger partial charge in [-0.1, -0.05) is 0 Å². The molecule has 0 unspecified atom stereocenters. The van der Waals surface area contributed by atoms with Gasteiger partial charge in [-0.3, -0.25) is 4.79 Å². The Hall–Kier alpha value is -0.610. The van der Waals surface area contributed by atoms with E-state index in [1.165, 1.54) is 12.8 Å². The maximum Gasteiger partial charge on any atom is 0.221 e. The molecule has 1 rings (SSSR count). The second-order valence-corrected chi connectivity index (χ2v) is 5.03. The van der Waals surface area contributed by atoms with Gasteiger partial charge in [0.1, 0.15) is 0 Å². The quantitative estimate of drug-likeness (QED) is 0.612. The lowest BCUT2D eigenvalue weighted by atomic mass is 10.0. The molecule has 0 bridgehead atoms. The first-order valence-corrected chi connectivity index (χ1v) is 5.61. The second kappa shape index (κ2) is 5.47. The van der Waals surface area contributed by atoms with Crippen molar-refractivity contribution in [1.29, 1.82) is 0 Å². The van der Waals surface area contributed by atoms with E-state index < -0.39 is 5.54 Å². The molecule has 0 atom stereocenters. The second-order valence-electron chi connectivity index (χ2n) is 5.03. The minimum absolute atomic E-state index is 0.00229. The number of nitrogens with one attached hydrogen (secondary N) is 1. The molecule has 0 aromatic heterocycles. The van der Waals surface area contributed by atoms with E-state index in [-0.39, 0.29) is 5.91 Å². The summed E-state index contributed by atoms with van der Waals surface area (Å²) in [5.74, 6) is 0.779. The molecule has 4 nitrogen and oxygen atoms in total. The number of rotatable bonds is 7. The normalized spacial score (nSPS) is 16.5. The van der Waals surface area contributed by atoms with E-state index in [9.17, 15) is 4.79 Å². The van der Waals surface area contributed by atoms with Gasteiger partial charge in [-0.2, -0.15) is 0 Å². The van der Waals surface area contributed by atoms with Gasteiger partial charge >= 0.3 is 0 Å². The van der Waals surface area contributed by atoms with Crippen molar-refractivity contribution in [2.75, 3.05) is 19.8 Å². The summed E-state index contributed by atoms with van der Waals surface area (Å²) in [7, 11) is 0. The largest absolute Gasteiger partial charge is 0.379 e. The zero-order valence-corrected chi connectivity index (χ0v) is 9.71. The van der Waals surface area contributed by atoms with Crippen molar-refractivity contribution >= 4 is 5.91 Å². The van der Waals surface area contributed by atoms with Gasteiger partial charge in [0.25, 0.3) is 0 Å². The molecule has 4 heteroatoms. The fraction of sp³-hybridized carbons (Fsp3) is 0.909. The molecule has 1 saturated carbocycles. The lowest BCUT2D eigenvalue weighted by Gasteiger charge is -2.17. The molecule has 3 N–H and O–H groups in total. The third-order valence-corrected chi connectivity index (χ3v) is 2.24. The van der Waals surface area contributed by atoms with Gasteiger partial charge in [0.2, 0.25) is 5.91 Å². The number of hydrogen-bond acceptors (Lipinski definition) is 3. The third-order valence-electron chi connectivity index (χ3n) is 2.24. The zero-order valence-electron chi connectivity index (χ0n) is 9.71. The van der Waals surface area contributed by atoms with Gasteiger partial charge in [-0.05, 0) is 32.6 Å². The molecular formula is C11H22N2O2. The standard InChI is InChI=1S/C11H22N2O2/c1-11(2,12)7-10(14)13-5-6-15-8-9-3-4-9/h9H,3-8,12H2,1-2H3,(H,13,14). The lowest BCUT2D eigenvalue weighted by molar-refractivity contribution is -0.122. The predicted molar refractivity (Wildman–Crippen MR) is 59.4 cm³/mol. The highest BCUT2D eigenvalue weighted by molar-refractivity contribution is 5.76. The van der Waals surface area contributed by atoms with Crippen LogP contribution in [0.5, 0.6) is 0 Å². The number of carbonyl (C=O) groups is 1. The van der Waals surface area contributed by atoms with Gasteiger partial charge in [0, 0.05) is 25.1 Å². The Bertz CT molecular complexity index is 207. The molecule has 0 radical (unpaired) electrons. The van der Waals surface area contributed by atoms with Crippen molar-refractivity contribution in [3.63, 3.8) is 0 Å². The fourth-order valence-corrected chi connectivity index (χ4v) is 1.27. The Labute approximate surface area is 91.5 Å². The van der Waals surface area contributed by atoms with Crippen LogP contribution in [0.25, 0.3) is 0 Å². The van der Waals surface area contributed by atoms with Gasteiger partial charge in [0.05, 0.1) is 6.61 Å². The van der Waals surface area contributed by atoms with Crippen molar-refractivity contribution in [2.45, 2.75) is 38.6 Å². The van der Waals surface area contributed by atoms with E-state index in [4.69, 9.17) is 10.5 Å². The van der Waals surface area contributed by atoms with Crippen molar-refractivity contribution in [3.8, 4) is 0 Å². The van der Waals surface area contributed by atoms with Crippen LogP contribution in [0.3, 0.4) is 0 Å². The number of ether oxygens (including phenoxy) is 1. The zero-order chi connectivity index (χ0) is 11.3. The number of amides is 1. The number of nitrogens with two attached hydrogens (primary N) is 1. The van der Waals surface area contributed by atoms with Crippen LogP contribution in [-0.4, -0.2) is 31.2 Å². The summed E-state index contributed by atoms with van der Waals surface area (Å²) in [4.78, 5) is 11.3.